The van der Waals surface area contributed by atoms with Crippen LogP contribution in [0.4, 0.5) is 5.69 Å². The molecule has 0 bridgehead atoms. The van der Waals surface area contributed by atoms with Gasteiger partial charge >= 0.3 is 0 Å². The van der Waals surface area contributed by atoms with Gasteiger partial charge in [-0.25, -0.2) is 23.5 Å². The van der Waals surface area contributed by atoms with Gasteiger partial charge in [-0.3, -0.25) is 4.79 Å². The summed E-state index contributed by atoms with van der Waals surface area (Å²) in [6.07, 6.45) is -0.465. The van der Waals surface area contributed by atoms with Crippen LogP contribution in [-0.4, -0.2) is 31.2 Å². The third kappa shape index (κ3) is 5.79. The minimum Gasteiger partial charge on any atom is -0.370 e. The molecule has 0 aromatic heterocycles. The molecule has 1 amide bonds. The number of aliphatic imine (C=N–C) groups is 2. The zero-order chi connectivity index (χ0) is 21.0. The number of hydrogen-bond donors (Lipinski definition) is 4. The molecule has 0 spiro atoms. The van der Waals surface area contributed by atoms with E-state index in [1.807, 2.05) is 31.2 Å². The van der Waals surface area contributed by atoms with Crippen LogP contribution >= 0.6 is 11.8 Å². The molecule has 1 unspecified atom stereocenters. The largest absolute Gasteiger partial charge is 0.370 e. The van der Waals surface area contributed by atoms with E-state index in [0.717, 1.165) is 11.1 Å². The number of guanidine groups is 1. The number of thioether (sulfide) groups is 1. The van der Waals surface area contributed by atoms with Crippen molar-refractivity contribution in [2.24, 2.45) is 20.9 Å². The number of nitrogens with one attached hydrogen (secondary N) is 2. The van der Waals surface area contributed by atoms with Crippen molar-refractivity contribution >= 4 is 44.5 Å². The monoisotopic (exact) mass is 432 g/mol. The summed E-state index contributed by atoms with van der Waals surface area (Å²) in [5, 5.41) is 11.1. The highest BCUT2D eigenvalue weighted by Crippen LogP contribution is 2.23. The van der Waals surface area contributed by atoms with E-state index in [-0.39, 0.29) is 22.5 Å². The zero-order valence-corrected chi connectivity index (χ0v) is 17.1. The second-order valence-corrected chi connectivity index (χ2v) is 8.79. The van der Waals surface area contributed by atoms with Gasteiger partial charge in [0.25, 0.3) is 0 Å². The predicted octanol–water partition coefficient (Wildman–Crippen LogP) is 1.29. The van der Waals surface area contributed by atoms with Crippen LogP contribution in [0.1, 0.15) is 17.3 Å². The van der Waals surface area contributed by atoms with Crippen LogP contribution in [0.5, 0.6) is 0 Å². The molecule has 9 nitrogen and oxygen atoms in total. The maximum absolute atomic E-state index is 12.2. The molecule has 11 heteroatoms. The molecule has 1 heterocycles. The summed E-state index contributed by atoms with van der Waals surface area (Å²) >= 11 is 1.19. The number of carbonyl (C=O) groups is 1. The van der Waals surface area contributed by atoms with E-state index < -0.39 is 16.2 Å². The molecule has 6 N–H and O–H groups in total. The third-order valence-corrected chi connectivity index (χ3v) is 5.70. The predicted molar refractivity (Wildman–Crippen MR) is 115 cm³/mol. The molecule has 0 radical (unpaired) electrons. The van der Waals surface area contributed by atoms with E-state index in [2.05, 4.69) is 20.6 Å². The second kappa shape index (κ2) is 8.64. The van der Waals surface area contributed by atoms with Crippen molar-refractivity contribution in [3.8, 4) is 0 Å². The van der Waals surface area contributed by atoms with Gasteiger partial charge in [-0.2, -0.15) is 0 Å². The standard InChI is InChI=1S/C18H20N6O3S2/c1-11-3-2-4-12(9-11)16-22-17(19)24-18(23-16)28-10-15(25)21-13-5-7-14(8-6-13)29(20,26)27/h2-9,16H,10H2,1H3,(H,21,25)(H2,20,26,27)(H3,19,22,23,24). The van der Waals surface area contributed by atoms with Crippen LogP contribution in [0, 0.1) is 6.92 Å². The first-order valence-corrected chi connectivity index (χ1v) is 11.0. The topological polar surface area (TPSA) is 152 Å². The van der Waals surface area contributed by atoms with Crippen LogP contribution in [0.25, 0.3) is 0 Å². The van der Waals surface area contributed by atoms with Gasteiger partial charge in [0, 0.05) is 5.69 Å². The Hall–Kier alpha value is -2.89. The lowest BCUT2D eigenvalue weighted by atomic mass is 10.1. The second-order valence-electron chi connectivity index (χ2n) is 6.27. The van der Waals surface area contributed by atoms with Crippen LogP contribution in [0.15, 0.2) is 63.4 Å². The van der Waals surface area contributed by atoms with E-state index in [0.29, 0.717) is 10.9 Å². The van der Waals surface area contributed by atoms with Crippen molar-refractivity contribution in [1.82, 2.24) is 5.32 Å². The van der Waals surface area contributed by atoms with E-state index >= 15 is 0 Å². The number of primary sulfonamides is 1. The number of nitrogens with zero attached hydrogens (tertiary/aromatic N) is 2. The Labute approximate surface area is 172 Å². The van der Waals surface area contributed by atoms with Crippen molar-refractivity contribution < 1.29 is 13.2 Å². The summed E-state index contributed by atoms with van der Waals surface area (Å²) in [6.45, 7) is 1.98. The number of hydrogen-bond acceptors (Lipinski definition) is 8. The molecule has 2 aromatic carbocycles. The molecule has 1 aliphatic rings. The summed E-state index contributed by atoms with van der Waals surface area (Å²) in [5.74, 6) is 0.0281. The van der Waals surface area contributed by atoms with Gasteiger partial charge in [0.15, 0.2) is 17.3 Å². The lowest BCUT2D eigenvalue weighted by Gasteiger charge is -2.19. The third-order valence-electron chi connectivity index (χ3n) is 3.88. The normalized spacial score (nSPS) is 16.4. The Morgan fingerprint density at radius 1 is 1.21 bits per heavy atom. The number of nitrogens with two attached hydrogens (primary N) is 2. The highest BCUT2D eigenvalue weighted by molar-refractivity contribution is 8.14. The number of rotatable bonds is 5. The maximum atomic E-state index is 12.2. The van der Waals surface area contributed by atoms with E-state index in [1.165, 1.54) is 36.0 Å². The summed E-state index contributed by atoms with van der Waals surface area (Å²) in [7, 11) is -3.77. The van der Waals surface area contributed by atoms with Crippen LogP contribution < -0.4 is 21.5 Å². The molecule has 0 aliphatic carbocycles. The first kappa shape index (κ1) is 20.8. The smallest absolute Gasteiger partial charge is 0.238 e. The van der Waals surface area contributed by atoms with Gasteiger partial charge in [0.1, 0.15) is 0 Å². The number of aryl methyl sites for hydroxylation is 1. The zero-order valence-electron chi connectivity index (χ0n) is 15.5. The quantitative estimate of drug-likeness (QED) is 0.558. The van der Waals surface area contributed by atoms with E-state index in [4.69, 9.17) is 10.9 Å². The fourth-order valence-corrected chi connectivity index (χ4v) is 3.76. The number of carbonyl (C=O) groups excluding carboxylic acids is 1. The molecule has 1 atom stereocenters. The fraction of sp³-hybridized carbons (Fsp3) is 0.167. The van der Waals surface area contributed by atoms with Crippen LogP contribution in [-0.2, 0) is 14.8 Å². The number of sulfonamides is 1. The SMILES string of the molecule is Cc1cccc(C2N=C(N)NC(SCC(=O)Nc3ccc(S(N)(=O)=O)cc3)=N2)c1. The van der Waals surface area contributed by atoms with Crippen LogP contribution in [0.2, 0.25) is 0 Å². The molecule has 29 heavy (non-hydrogen) atoms. The minimum atomic E-state index is -3.77. The number of amidine groups is 1. The van der Waals surface area contributed by atoms with Crippen molar-refractivity contribution in [2.45, 2.75) is 18.0 Å². The van der Waals surface area contributed by atoms with Gasteiger partial charge in [-0.15, -0.1) is 0 Å². The number of amides is 1. The highest BCUT2D eigenvalue weighted by atomic mass is 32.2. The van der Waals surface area contributed by atoms with Gasteiger partial charge in [-0.05, 0) is 36.8 Å². The number of benzene rings is 2. The lowest BCUT2D eigenvalue weighted by molar-refractivity contribution is -0.113. The molecule has 1 aliphatic heterocycles. The fourth-order valence-electron chi connectivity index (χ4n) is 2.56. The van der Waals surface area contributed by atoms with Gasteiger partial charge < -0.3 is 16.4 Å². The molecular formula is C18H20N6O3S2. The van der Waals surface area contributed by atoms with Crippen LogP contribution in [0.3, 0.4) is 0 Å². The minimum absolute atomic E-state index is 0.0254. The van der Waals surface area contributed by atoms with Crippen molar-refractivity contribution in [2.75, 3.05) is 11.1 Å². The molecule has 0 fully saturated rings. The Kier molecular flexibility index (Phi) is 6.20. The maximum Gasteiger partial charge on any atom is 0.238 e. The first-order chi connectivity index (χ1) is 13.7. The van der Waals surface area contributed by atoms with Crippen molar-refractivity contribution in [3.05, 3.63) is 59.7 Å². The van der Waals surface area contributed by atoms with E-state index in [9.17, 15) is 13.2 Å². The Morgan fingerprint density at radius 2 is 1.93 bits per heavy atom. The average molecular weight is 433 g/mol. The van der Waals surface area contributed by atoms with Gasteiger partial charge in [0.05, 0.1) is 10.6 Å². The average Bonchev–Trinajstić information content (AvgIpc) is 2.66. The first-order valence-electron chi connectivity index (χ1n) is 8.51. The van der Waals surface area contributed by atoms with Gasteiger partial charge in [-0.1, -0.05) is 41.6 Å². The molecule has 0 saturated heterocycles. The Morgan fingerprint density at radius 3 is 2.59 bits per heavy atom. The van der Waals surface area contributed by atoms with E-state index in [1.54, 1.807) is 0 Å². The summed E-state index contributed by atoms with van der Waals surface area (Å²) in [5.41, 5.74) is 8.31. The molecular weight excluding hydrogens is 412 g/mol. The molecule has 3 rings (SSSR count). The summed E-state index contributed by atoms with van der Waals surface area (Å²) < 4.78 is 22.5. The Balaban J connectivity index is 1.60. The molecule has 0 saturated carbocycles. The highest BCUT2D eigenvalue weighted by Gasteiger charge is 2.18. The van der Waals surface area contributed by atoms with Crippen molar-refractivity contribution in [3.63, 3.8) is 0 Å². The van der Waals surface area contributed by atoms with Gasteiger partial charge in [0.2, 0.25) is 15.9 Å². The number of anilines is 1. The summed E-state index contributed by atoms with van der Waals surface area (Å²) in [6, 6.07) is 13.4. The van der Waals surface area contributed by atoms with Crippen molar-refractivity contribution in [1.29, 1.82) is 0 Å². The Bertz CT molecular complexity index is 1080. The summed E-state index contributed by atoms with van der Waals surface area (Å²) in [4.78, 5) is 21.0. The molecule has 152 valence electrons. The molecule has 2 aromatic rings. The lowest BCUT2D eigenvalue weighted by Crippen LogP contribution is -2.39.